The van der Waals surface area contributed by atoms with Crippen LogP contribution in [0.4, 0.5) is 13.2 Å². The zero-order chi connectivity index (χ0) is 25.3. The van der Waals surface area contributed by atoms with Crippen molar-refractivity contribution in [2.24, 2.45) is 0 Å². The Bertz CT molecular complexity index is 1260. The summed E-state index contributed by atoms with van der Waals surface area (Å²) in [6, 6.07) is 16.1. The Labute approximate surface area is 210 Å². The van der Waals surface area contributed by atoms with Gasteiger partial charge >= 0.3 is 6.61 Å². The molecule has 36 heavy (non-hydrogen) atoms. The highest BCUT2D eigenvalue weighted by atomic mass is 19.3. The van der Waals surface area contributed by atoms with Gasteiger partial charge in [-0.3, -0.25) is 0 Å². The summed E-state index contributed by atoms with van der Waals surface area (Å²) >= 11 is 0. The molecule has 0 radical (unpaired) electrons. The van der Waals surface area contributed by atoms with Crippen molar-refractivity contribution in [1.82, 2.24) is 9.97 Å². The van der Waals surface area contributed by atoms with Gasteiger partial charge in [-0.05, 0) is 71.9 Å². The second-order valence-corrected chi connectivity index (χ2v) is 9.08. The van der Waals surface area contributed by atoms with Gasteiger partial charge in [-0.2, -0.15) is 8.78 Å². The maximum Gasteiger partial charge on any atom is 0.387 e. The number of aryl methyl sites for hydroxylation is 5. The van der Waals surface area contributed by atoms with E-state index in [1.54, 1.807) is 12.1 Å². The first kappa shape index (κ1) is 25.7. The summed E-state index contributed by atoms with van der Waals surface area (Å²) < 4.78 is 44.2. The van der Waals surface area contributed by atoms with E-state index < -0.39 is 6.61 Å². The molecule has 0 aliphatic carbocycles. The lowest BCUT2D eigenvalue weighted by molar-refractivity contribution is -0.0498. The zero-order valence-corrected chi connectivity index (χ0v) is 20.5. The maximum absolute atomic E-state index is 15.2. The van der Waals surface area contributed by atoms with E-state index in [9.17, 15) is 8.78 Å². The second kappa shape index (κ2) is 12.5. The minimum absolute atomic E-state index is 0.118. The Balaban J connectivity index is 1.35. The fraction of sp³-hybridized carbons (Fsp3) is 0.333. The van der Waals surface area contributed by atoms with E-state index in [4.69, 9.17) is 0 Å². The number of alkyl halides is 2. The molecule has 0 aliphatic heterocycles. The predicted octanol–water partition coefficient (Wildman–Crippen LogP) is 7.67. The lowest BCUT2D eigenvalue weighted by Crippen LogP contribution is -2.02. The van der Waals surface area contributed by atoms with Gasteiger partial charge in [-0.15, -0.1) is 0 Å². The molecule has 0 bridgehead atoms. The SMILES string of the molecule is CCCCCc1cnc(CCc2ccc3c(F)c(CCc4ccc(OC(F)F)cc4)ccc3c2)nc1. The monoisotopic (exact) mass is 492 g/mol. The molecule has 0 atom stereocenters. The highest BCUT2D eigenvalue weighted by molar-refractivity contribution is 5.84. The van der Waals surface area contributed by atoms with E-state index in [1.165, 1.54) is 37.0 Å². The van der Waals surface area contributed by atoms with Gasteiger partial charge in [0.05, 0.1) is 0 Å². The molecule has 0 unspecified atom stereocenters. The fourth-order valence-corrected chi connectivity index (χ4v) is 4.33. The van der Waals surface area contributed by atoms with Crippen LogP contribution in [0, 0.1) is 5.82 Å². The molecule has 3 aromatic carbocycles. The molecular weight excluding hydrogens is 461 g/mol. The van der Waals surface area contributed by atoms with Gasteiger partial charge in [0.1, 0.15) is 17.4 Å². The highest BCUT2D eigenvalue weighted by Gasteiger charge is 2.10. The largest absolute Gasteiger partial charge is 0.435 e. The minimum Gasteiger partial charge on any atom is -0.435 e. The topological polar surface area (TPSA) is 35.0 Å². The molecule has 3 nitrogen and oxygen atoms in total. The number of ether oxygens (including phenoxy) is 1. The Kier molecular flexibility index (Phi) is 8.93. The first-order chi connectivity index (χ1) is 17.5. The van der Waals surface area contributed by atoms with E-state index in [0.717, 1.165) is 41.6 Å². The molecule has 1 aromatic heterocycles. The molecule has 0 amide bonds. The molecule has 0 aliphatic rings. The van der Waals surface area contributed by atoms with Crippen molar-refractivity contribution in [3.05, 3.63) is 101 Å². The van der Waals surface area contributed by atoms with Crippen LogP contribution in [0.25, 0.3) is 10.8 Å². The number of fused-ring (bicyclic) bond motifs is 1. The van der Waals surface area contributed by atoms with Gasteiger partial charge in [-0.1, -0.05) is 62.2 Å². The van der Waals surface area contributed by atoms with E-state index in [-0.39, 0.29) is 11.6 Å². The number of unbranched alkanes of at least 4 members (excludes halogenated alkanes) is 2. The van der Waals surface area contributed by atoms with E-state index >= 15 is 4.39 Å². The van der Waals surface area contributed by atoms with Crippen LogP contribution >= 0.6 is 0 Å². The van der Waals surface area contributed by atoms with Crippen molar-refractivity contribution in [3.63, 3.8) is 0 Å². The van der Waals surface area contributed by atoms with Gasteiger partial charge in [0.2, 0.25) is 0 Å². The van der Waals surface area contributed by atoms with Crippen LogP contribution in [-0.2, 0) is 32.1 Å². The average molecular weight is 493 g/mol. The first-order valence-corrected chi connectivity index (χ1v) is 12.6. The molecule has 4 aromatic rings. The number of nitrogens with zero attached hydrogens (tertiary/aromatic N) is 2. The Morgan fingerprint density at radius 3 is 2.19 bits per heavy atom. The second-order valence-electron chi connectivity index (χ2n) is 9.08. The molecule has 0 saturated carbocycles. The van der Waals surface area contributed by atoms with Gasteiger partial charge in [0.25, 0.3) is 0 Å². The summed E-state index contributed by atoms with van der Waals surface area (Å²) in [7, 11) is 0. The third kappa shape index (κ3) is 7.06. The number of aromatic nitrogens is 2. The zero-order valence-electron chi connectivity index (χ0n) is 20.5. The molecular formula is C30H31F3N2O. The van der Waals surface area contributed by atoms with Gasteiger partial charge in [0, 0.05) is 24.2 Å². The van der Waals surface area contributed by atoms with E-state index in [0.29, 0.717) is 23.8 Å². The summed E-state index contributed by atoms with van der Waals surface area (Å²) in [5.41, 5.74) is 3.87. The summed E-state index contributed by atoms with van der Waals surface area (Å²) in [6.45, 7) is -0.649. The molecule has 0 saturated heterocycles. The van der Waals surface area contributed by atoms with Gasteiger partial charge in [-0.25, -0.2) is 14.4 Å². The lowest BCUT2D eigenvalue weighted by atomic mass is 9.98. The van der Waals surface area contributed by atoms with Crippen molar-refractivity contribution in [2.45, 2.75) is 64.9 Å². The Morgan fingerprint density at radius 1 is 0.750 bits per heavy atom. The molecule has 6 heteroatoms. The summed E-state index contributed by atoms with van der Waals surface area (Å²) in [6.07, 6.45) is 11.1. The van der Waals surface area contributed by atoms with Crippen molar-refractivity contribution >= 4 is 10.8 Å². The number of rotatable bonds is 12. The van der Waals surface area contributed by atoms with Gasteiger partial charge in [0.15, 0.2) is 0 Å². The Hall–Kier alpha value is -3.41. The third-order valence-electron chi connectivity index (χ3n) is 6.40. The first-order valence-electron chi connectivity index (χ1n) is 12.6. The normalized spacial score (nSPS) is 11.4. The van der Waals surface area contributed by atoms with Crippen molar-refractivity contribution in [3.8, 4) is 5.75 Å². The molecule has 0 spiro atoms. The van der Waals surface area contributed by atoms with Crippen LogP contribution in [0.1, 0.15) is 54.3 Å². The smallest absolute Gasteiger partial charge is 0.387 e. The number of hydrogen-bond donors (Lipinski definition) is 0. The third-order valence-corrected chi connectivity index (χ3v) is 6.40. The van der Waals surface area contributed by atoms with E-state index in [2.05, 4.69) is 21.6 Å². The summed E-state index contributed by atoms with van der Waals surface area (Å²) in [5, 5.41) is 1.47. The van der Waals surface area contributed by atoms with Crippen LogP contribution in [0.15, 0.2) is 67.0 Å². The van der Waals surface area contributed by atoms with Crippen LogP contribution in [-0.4, -0.2) is 16.6 Å². The fourth-order valence-electron chi connectivity index (χ4n) is 4.33. The van der Waals surface area contributed by atoms with Crippen LogP contribution in [0.5, 0.6) is 5.75 Å². The van der Waals surface area contributed by atoms with Crippen LogP contribution in [0.2, 0.25) is 0 Å². The molecule has 0 fully saturated rings. The molecule has 0 N–H and O–H groups in total. The maximum atomic E-state index is 15.2. The van der Waals surface area contributed by atoms with E-state index in [1.807, 2.05) is 42.7 Å². The Morgan fingerprint density at radius 2 is 1.47 bits per heavy atom. The highest BCUT2D eigenvalue weighted by Crippen LogP contribution is 2.25. The molecule has 188 valence electrons. The van der Waals surface area contributed by atoms with Crippen LogP contribution in [0.3, 0.4) is 0 Å². The number of halogens is 3. The van der Waals surface area contributed by atoms with Crippen molar-refractivity contribution < 1.29 is 17.9 Å². The predicted molar refractivity (Wildman–Crippen MR) is 137 cm³/mol. The lowest BCUT2D eigenvalue weighted by Gasteiger charge is -2.10. The van der Waals surface area contributed by atoms with Gasteiger partial charge < -0.3 is 4.74 Å². The number of hydrogen-bond acceptors (Lipinski definition) is 3. The summed E-state index contributed by atoms with van der Waals surface area (Å²) in [5.74, 6) is 0.732. The molecule has 4 rings (SSSR count). The molecule has 1 heterocycles. The van der Waals surface area contributed by atoms with Crippen molar-refractivity contribution in [2.75, 3.05) is 0 Å². The standard InChI is InChI=1S/C30H31F3N2O/c1-2-3-4-5-23-19-34-28(35-20-23)17-10-22-9-16-27-25(18-22)13-12-24(29(27)31)11-6-21-7-14-26(15-8-21)36-30(32)33/h7-9,12-16,18-20,30H,2-6,10-11,17H2,1H3. The summed E-state index contributed by atoms with van der Waals surface area (Å²) in [4.78, 5) is 9.02. The quantitative estimate of drug-likeness (QED) is 0.190. The van der Waals surface area contributed by atoms with Crippen molar-refractivity contribution in [1.29, 1.82) is 0 Å². The minimum atomic E-state index is -2.84. The average Bonchev–Trinajstić information content (AvgIpc) is 2.88. The number of benzene rings is 3. The van der Waals surface area contributed by atoms with Crippen LogP contribution < -0.4 is 4.74 Å².